The molecule has 7 nitrogen and oxygen atoms in total. The maximum atomic E-state index is 11.1. The molecule has 1 saturated heterocycles. The number of morpholine rings is 1. The van der Waals surface area contributed by atoms with Gasteiger partial charge in [-0.05, 0) is 18.6 Å². The van der Waals surface area contributed by atoms with E-state index in [0.717, 1.165) is 36.5 Å². The van der Waals surface area contributed by atoms with Crippen LogP contribution in [0.15, 0.2) is 18.5 Å². The van der Waals surface area contributed by atoms with Crippen molar-refractivity contribution in [2.24, 2.45) is 0 Å². The van der Waals surface area contributed by atoms with Crippen LogP contribution in [0.1, 0.15) is 22.9 Å². The molecule has 1 fully saturated rings. The van der Waals surface area contributed by atoms with Gasteiger partial charge in [-0.25, -0.2) is 9.97 Å². The number of anilines is 1. The summed E-state index contributed by atoms with van der Waals surface area (Å²) in [6, 6.07) is 2.03. The van der Waals surface area contributed by atoms with Crippen LogP contribution in [-0.4, -0.2) is 53.7 Å². The molecule has 0 unspecified atom stereocenters. The lowest BCUT2D eigenvalue weighted by Crippen LogP contribution is -2.42. The molecular formula is C18H24N4O3S. The number of hydrogen-bond acceptors (Lipinski definition) is 7. The van der Waals surface area contributed by atoms with Crippen molar-refractivity contribution in [2.45, 2.75) is 32.9 Å². The van der Waals surface area contributed by atoms with Gasteiger partial charge in [-0.3, -0.25) is 9.69 Å². The van der Waals surface area contributed by atoms with Crippen LogP contribution in [-0.2, 0) is 22.5 Å². The number of nitrogens with one attached hydrogen (secondary N) is 1. The van der Waals surface area contributed by atoms with Gasteiger partial charge >= 0.3 is 0 Å². The molecule has 26 heavy (non-hydrogen) atoms. The van der Waals surface area contributed by atoms with Crippen LogP contribution in [0.25, 0.3) is 0 Å². The maximum Gasteiger partial charge on any atom is 0.223 e. The van der Waals surface area contributed by atoms with Gasteiger partial charge in [0.25, 0.3) is 0 Å². The third kappa shape index (κ3) is 4.78. The molecular weight excluding hydrogens is 352 g/mol. The van der Waals surface area contributed by atoms with Crippen molar-refractivity contribution in [3.63, 3.8) is 0 Å². The normalized spacial score (nSPS) is 17.9. The van der Waals surface area contributed by atoms with Crippen molar-refractivity contribution in [3.8, 4) is 5.88 Å². The fraction of sp³-hybridized carbons (Fsp3) is 0.500. The first-order chi connectivity index (χ1) is 12.5. The van der Waals surface area contributed by atoms with Crippen molar-refractivity contribution in [1.29, 1.82) is 0 Å². The highest BCUT2D eigenvalue weighted by Gasteiger charge is 2.22. The number of pyridine rings is 1. The van der Waals surface area contributed by atoms with Crippen LogP contribution in [0.2, 0.25) is 0 Å². The van der Waals surface area contributed by atoms with Crippen molar-refractivity contribution >= 4 is 22.4 Å². The monoisotopic (exact) mass is 376 g/mol. The largest absolute Gasteiger partial charge is 0.481 e. The molecule has 1 aliphatic rings. The lowest BCUT2D eigenvalue weighted by molar-refractivity contribution is -0.114. The highest BCUT2D eigenvalue weighted by atomic mass is 32.1. The molecule has 0 bridgehead atoms. The zero-order valence-corrected chi connectivity index (χ0v) is 16.1. The van der Waals surface area contributed by atoms with Gasteiger partial charge in [0.05, 0.1) is 19.8 Å². The highest BCUT2D eigenvalue weighted by molar-refractivity contribution is 7.15. The average molecular weight is 376 g/mol. The molecule has 3 rings (SSSR count). The standard InChI is InChI=1S/C18H24N4O3S/c1-12-14(4-5-19-17(12)24-3)8-15-10-22(6-7-25-15)11-16-9-20-18(26-16)21-13(2)23/h4-5,9,15H,6-8,10-11H2,1-3H3,(H,20,21,23)/t15-/m1/s1. The van der Waals surface area contributed by atoms with E-state index in [9.17, 15) is 4.79 Å². The molecule has 0 spiro atoms. The summed E-state index contributed by atoms with van der Waals surface area (Å²) in [5.41, 5.74) is 2.27. The number of ether oxygens (including phenoxy) is 2. The van der Waals surface area contributed by atoms with Crippen LogP contribution in [0.5, 0.6) is 5.88 Å². The first kappa shape index (κ1) is 18.8. The second kappa shape index (κ2) is 8.57. The summed E-state index contributed by atoms with van der Waals surface area (Å²) < 4.78 is 11.3. The number of nitrogens with zero attached hydrogens (tertiary/aromatic N) is 3. The van der Waals surface area contributed by atoms with Crippen LogP contribution >= 0.6 is 11.3 Å². The van der Waals surface area contributed by atoms with E-state index in [1.165, 1.54) is 23.8 Å². The summed E-state index contributed by atoms with van der Waals surface area (Å²) in [6.07, 6.45) is 4.58. The van der Waals surface area contributed by atoms with E-state index in [-0.39, 0.29) is 12.0 Å². The Hall–Kier alpha value is -2.03. The van der Waals surface area contributed by atoms with E-state index in [0.29, 0.717) is 17.6 Å². The predicted molar refractivity (Wildman–Crippen MR) is 101 cm³/mol. The molecule has 1 N–H and O–H groups in total. The molecule has 8 heteroatoms. The zero-order valence-electron chi connectivity index (χ0n) is 15.3. The van der Waals surface area contributed by atoms with E-state index in [4.69, 9.17) is 9.47 Å². The van der Waals surface area contributed by atoms with Crippen molar-refractivity contribution in [1.82, 2.24) is 14.9 Å². The van der Waals surface area contributed by atoms with Crippen LogP contribution in [0.3, 0.4) is 0 Å². The van der Waals surface area contributed by atoms with Gasteiger partial charge in [-0.15, -0.1) is 11.3 Å². The van der Waals surface area contributed by atoms with E-state index in [2.05, 4.69) is 20.2 Å². The number of rotatable bonds is 6. The Kier molecular flexibility index (Phi) is 6.18. The summed E-state index contributed by atoms with van der Waals surface area (Å²) in [5.74, 6) is 0.575. The van der Waals surface area contributed by atoms with Gasteiger partial charge in [0.15, 0.2) is 5.13 Å². The minimum absolute atomic E-state index is 0.0968. The summed E-state index contributed by atoms with van der Waals surface area (Å²) in [7, 11) is 1.64. The molecule has 0 aromatic carbocycles. The van der Waals surface area contributed by atoms with Gasteiger partial charge < -0.3 is 14.8 Å². The Morgan fingerprint density at radius 3 is 3.12 bits per heavy atom. The molecule has 0 aliphatic carbocycles. The fourth-order valence-electron chi connectivity index (χ4n) is 3.08. The Morgan fingerprint density at radius 2 is 2.35 bits per heavy atom. The summed E-state index contributed by atoms with van der Waals surface area (Å²) in [6.45, 7) is 6.80. The molecule has 3 heterocycles. The van der Waals surface area contributed by atoms with Gasteiger partial charge in [0, 0.05) is 55.8 Å². The fourth-order valence-corrected chi connectivity index (χ4v) is 3.98. The Bertz CT molecular complexity index is 765. The van der Waals surface area contributed by atoms with E-state index < -0.39 is 0 Å². The minimum atomic E-state index is -0.0968. The molecule has 140 valence electrons. The number of carbonyl (C=O) groups excluding carboxylic acids is 1. The molecule has 2 aromatic heterocycles. The van der Waals surface area contributed by atoms with Gasteiger partial charge in [0.2, 0.25) is 11.8 Å². The second-order valence-corrected chi connectivity index (χ2v) is 7.46. The van der Waals surface area contributed by atoms with Crippen molar-refractivity contribution in [2.75, 3.05) is 32.1 Å². The molecule has 1 atom stereocenters. The second-order valence-electron chi connectivity index (χ2n) is 6.35. The van der Waals surface area contributed by atoms with Crippen molar-refractivity contribution in [3.05, 3.63) is 34.5 Å². The lowest BCUT2D eigenvalue weighted by Gasteiger charge is -2.32. The summed E-state index contributed by atoms with van der Waals surface area (Å²) in [5, 5.41) is 3.38. The number of thiazole rings is 1. The van der Waals surface area contributed by atoms with Crippen molar-refractivity contribution < 1.29 is 14.3 Å². The zero-order chi connectivity index (χ0) is 18.5. The van der Waals surface area contributed by atoms with Gasteiger partial charge in [-0.1, -0.05) is 0 Å². The smallest absolute Gasteiger partial charge is 0.223 e. The van der Waals surface area contributed by atoms with Crippen LogP contribution < -0.4 is 10.1 Å². The van der Waals surface area contributed by atoms with Crippen LogP contribution in [0, 0.1) is 6.92 Å². The molecule has 2 aromatic rings. The number of methoxy groups -OCH3 is 1. The predicted octanol–water partition coefficient (Wildman–Crippen LogP) is 2.26. The van der Waals surface area contributed by atoms with E-state index >= 15 is 0 Å². The molecule has 1 aliphatic heterocycles. The number of carbonyl (C=O) groups is 1. The topological polar surface area (TPSA) is 76.6 Å². The van der Waals surface area contributed by atoms with Gasteiger partial charge in [0.1, 0.15) is 0 Å². The van der Waals surface area contributed by atoms with E-state index in [1.54, 1.807) is 13.3 Å². The molecule has 0 saturated carbocycles. The highest BCUT2D eigenvalue weighted by Crippen LogP contribution is 2.23. The third-order valence-corrected chi connectivity index (χ3v) is 5.25. The number of aromatic nitrogens is 2. The number of hydrogen-bond donors (Lipinski definition) is 1. The van der Waals surface area contributed by atoms with E-state index in [1.807, 2.05) is 19.2 Å². The van der Waals surface area contributed by atoms with Crippen LogP contribution in [0.4, 0.5) is 5.13 Å². The van der Waals surface area contributed by atoms with Gasteiger partial charge in [-0.2, -0.15) is 0 Å². The SMILES string of the molecule is COc1nccc(C[C@@H]2CN(Cc3cnc(NC(C)=O)s3)CCO2)c1C. The molecule has 0 radical (unpaired) electrons. The lowest BCUT2D eigenvalue weighted by atomic mass is 10.0. The third-order valence-electron chi connectivity index (χ3n) is 4.35. The quantitative estimate of drug-likeness (QED) is 0.833. The Morgan fingerprint density at radius 1 is 1.50 bits per heavy atom. The first-order valence-electron chi connectivity index (χ1n) is 8.60. The average Bonchev–Trinajstić information content (AvgIpc) is 3.03. The minimum Gasteiger partial charge on any atom is -0.481 e. The Labute approximate surface area is 157 Å². The maximum absolute atomic E-state index is 11.1. The Balaban J connectivity index is 1.59. The number of amides is 1. The summed E-state index contributed by atoms with van der Waals surface area (Å²) in [4.78, 5) is 23.1. The molecule has 1 amide bonds. The summed E-state index contributed by atoms with van der Waals surface area (Å²) >= 11 is 1.52. The first-order valence-corrected chi connectivity index (χ1v) is 9.41.